The number of hydrogen-bond donors (Lipinski definition) is 1. The highest BCUT2D eigenvalue weighted by Gasteiger charge is 2.07. The molecule has 90 valence electrons. The van der Waals surface area contributed by atoms with E-state index in [1.54, 1.807) is 25.2 Å². The highest BCUT2D eigenvalue weighted by Crippen LogP contribution is 2.06. The SMILES string of the molecule is CC(Cn1cc(Br)cn1)NCC(=O)N(C)C. The molecule has 0 aliphatic rings. The minimum atomic E-state index is 0.0773. The van der Waals surface area contributed by atoms with E-state index in [1.165, 1.54) is 0 Å². The summed E-state index contributed by atoms with van der Waals surface area (Å²) in [6.07, 6.45) is 3.66. The van der Waals surface area contributed by atoms with Crippen molar-refractivity contribution in [1.82, 2.24) is 20.0 Å². The summed E-state index contributed by atoms with van der Waals surface area (Å²) in [5.41, 5.74) is 0. The number of rotatable bonds is 5. The van der Waals surface area contributed by atoms with E-state index >= 15 is 0 Å². The molecule has 1 unspecified atom stereocenters. The predicted octanol–water partition coefficient (Wildman–Crippen LogP) is 0.712. The van der Waals surface area contributed by atoms with Crippen LogP contribution in [0.4, 0.5) is 0 Å². The van der Waals surface area contributed by atoms with E-state index in [0.29, 0.717) is 6.54 Å². The van der Waals surface area contributed by atoms with Crippen LogP contribution in [0.5, 0.6) is 0 Å². The summed E-state index contributed by atoms with van der Waals surface area (Å²) in [6, 6.07) is 0.204. The predicted molar refractivity (Wildman–Crippen MR) is 66.1 cm³/mol. The Morgan fingerprint density at radius 3 is 2.88 bits per heavy atom. The van der Waals surface area contributed by atoms with Crippen molar-refractivity contribution in [1.29, 1.82) is 0 Å². The lowest BCUT2D eigenvalue weighted by molar-refractivity contribution is -0.127. The van der Waals surface area contributed by atoms with Crippen molar-refractivity contribution in [3.8, 4) is 0 Å². The van der Waals surface area contributed by atoms with E-state index in [2.05, 4.69) is 26.3 Å². The lowest BCUT2D eigenvalue weighted by Gasteiger charge is -2.15. The normalized spacial score (nSPS) is 12.5. The zero-order valence-electron chi connectivity index (χ0n) is 9.77. The van der Waals surface area contributed by atoms with Gasteiger partial charge in [-0.1, -0.05) is 0 Å². The van der Waals surface area contributed by atoms with Crippen LogP contribution in [0.1, 0.15) is 6.92 Å². The van der Waals surface area contributed by atoms with Crippen LogP contribution < -0.4 is 5.32 Å². The molecule has 1 aromatic rings. The molecule has 1 rings (SSSR count). The van der Waals surface area contributed by atoms with Gasteiger partial charge in [-0.3, -0.25) is 9.48 Å². The zero-order valence-corrected chi connectivity index (χ0v) is 11.4. The molecule has 0 fully saturated rings. The Balaban J connectivity index is 2.31. The largest absolute Gasteiger partial charge is 0.348 e. The van der Waals surface area contributed by atoms with Crippen LogP contribution in [0, 0.1) is 0 Å². The molecule has 0 saturated heterocycles. The van der Waals surface area contributed by atoms with Gasteiger partial charge in [-0.15, -0.1) is 0 Å². The first-order valence-corrected chi connectivity index (χ1v) is 5.90. The molecule has 6 heteroatoms. The molecule has 0 saturated carbocycles. The summed E-state index contributed by atoms with van der Waals surface area (Å²) < 4.78 is 2.80. The number of carbonyl (C=O) groups is 1. The fourth-order valence-corrected chi connectivity index (χ4v) is 1.53. The van der Waals surface area contributed by atoms with E-state index in [0.717, 1.165) is 11.0 Å². The topological polar surface area (TPSA) is 50.2 Å². The second-order valence-electron chi connectivity index (χ2n) is 3.95. The molecule has 0 bridgehead atoms. The number of nitrogens with one attached hydrogen (secondary N) is 1. The Hall–Kier alpha value is -0.880. The number of carbonyl (C=O) groups excluding carboxylic acids is 1. The molecule has 1 amide bonds. The number of aromatic nitrogens is 2. The number of nitrogens with zero attached hydrogens (tertiary/aromatic N) is 3. The van der Waals surface area contributed by atoms with E-state index in [4.69, 9.17) is 0 Å². The van der Waals surface area contributed by atoms with E-state index in [-0.39, 0.29) is 11.9 Å². The maximum absolute atomic E-state index is 11.3. The van der Waals surface area contributed by atoms with Gasteiger partial charge in [0.25, 0.3) is 0 Å². The second kappa shape index (κ2) is 6.00. The van der Waals surface area contributed by atoms with Crippen molar-refractivity contribution in [3.63, 3.8) is 0 Å². The minimum Gasteiger partial charge on any atom is -0.348 e. The van der Waals surface area contributed by atoms with E-state index in [9.17, 15) is 4.79 Å². The first kappa shape index (κ1) is 13.2. The third kappa shape index (κ3) is 4.32. The van der Waals surface area contributed by atoms with Gasteiger partial charge < -0.3 is 10.2 Å². The minimum absolute atomic E-state index is 0.0773. The van der Waals surface area contributed by atoms with Gasteiger partial charge in [-0.05, 0) is 22.9 Å². The molecule has 0 radical (unpaired) electrons. The molecule has 0 spiro atoms. The lowest BCUT2D eigenvalue weighted by Crippen LogP contribution is -2.39. The van der Waals surface area contributed by atoms with Crippen LogP contribution >= 0.6 is 15.9 Å². The maximum atomic E-state index is 11.3. The van der Waals surface area contributed by atoms with Crippen molar-refractivity contribution in [2.75, 3.05) is 20.6 Å². The molecule has 0 aromatic carbocycles. The van der Waals surface area contributed by atoms with Gasteiger partial charge >= 0.3 is 0 Å². The maximum Gasteiger partial charge on any atom is 0.236 e. The van der Waals surface area contributed by atoms with Crippen LogP contribution in [0.15, 0.2) is 16.9 Å². The van der Waals surface area contributed by atoms with Crippen molar-refractivity contribution in [3.05, 3.63) is 16.9 Å². The molecular formula is C10H17BrN4O. The third-order valence-corrected chi connectivity index (χ3v) is 2.57. The molecule has 1 aromatic heterocycles. The summed E-state index contributed by atoms with van der Waals surface area (Å²) in [4.78, 5) is 12.9. The molecule has 5 nitrogen and oxygen atoms in total. The second-order valence-corrected chi connectivity index (χ2v) is 4.87. The Labute approximate surface area is 104 Å². The van der Waals surface area contributed by atoms with E-state index in [1.807, 2.05) is 17.8 Å². The zero-order chi connectivity index (χ0) is 12.1. The van der Waals surface area contributed by atoms with Crippen molar-refractivity contribution in [2.45, 2.75) is 19.5 Å². The molecule has 1 atom stereocenters. The number of amides is 1. The molecule has 0 aliphatic heterocycles. The van der Waals surface area contributed by atoms with Gasteiger partial charge in [0.15, 0.2) is 0 Å². The number of likely N-dealkylation sites (N-methyl/N-ethyl adjacent to an activating group) is 1. The summed E-state index contributed by atoms with van der Waals surface area (Å²) in [6.45, 7) is 3.13. The Kier molecular flexibility index (Phi) is 4.95. The first-order valence-electron chi connectivity index (χ1n) is 5.10. The average molecular weight is 289 g/mol. The Morgan fingerprint density at radius 2 is 2.38 bits per heavy atom. The van der Waals surface area contributed by atoms with Crippen LogP contribution in [0.25, 0.3) is 0 Å². The molecule has 1 heterocycles. The third-order valence-electron chi connectivity index (χ3n) is 2.16. The highest BCUT2D eigenvalue weighted by atomic mass is 79.9. The number of halogens is 1. The summed E-state index contributed by atoms with van der Waals surface area (Å²) in [5, 5.41) is 7.31. The highest BCUT2D eigenvalue weighted by molar-refractivity contribution is 9.10. The fraction of sp³-hybridized carbons (Fsp3) is 0.600. The quantitative estimate of drug-likeness (QED) is 0.868. The molecular weight excluding hydrogens is 272 g/mol. The monoisotopic (exact) mass is 288 g/mol. The van der Waals surface area contributed by atoms with Gasteiger partial charge in [0.2, 0.25) is 5.91 Å². The van der Waals surface area contributed by atoms with Gasteiger partial charge in [-0.25, -0.2) is 0 Å². The fourth-order valence-electron chi connectivity index (χ4n) is 1.20. The molecule has 16 heavy (non-hydrogen) atoms. The van der Waals surface area contributed by atoms with Crippen molar-refractivity contribution >= 4 is 21.8 Å². The van der Waals surface area contributed by atoms with Crippen molar-refractivity contribution in [2.24, 2.45) is 0 Å². The molecule has 1 N–H and O–H groups in total. The van der Waals surface area contributed by atoms with Crippen LogP contribution in [-0.4, -0.2) is 47.3 Å². The first-order chi connectivity index (χ1) is 7.49. The van der Waals surface area contributed by atoms with Crippen LogP contribution in [-0.2, 0) is 11.3 Å². The van der Waals surface area contributed by atoms with Gasteiger partial charge in [0.1, 0.15) is 0 Å². The van der Waals surface area contributed by atoms with Gasteiger partial charge in [0, 0.05) is 26.3 Å². The van der Waals surface area contributed by atoms with E-state index < -0.39 is 0 Å². The Bertz CT molecular complexity index is 350. The Morgan fingerprint density at radius 1 is 1.69 bits per heavy atom. The van der Waals surface area contributed by atoms with Gasteiger partial charge in [0.05, 0.1) is 23.8 Å². The molecule has 0 aliphatic carbocycles. The number of hydrogen-bond acceptors (Lipinski definition) is 3. The average Bonchev–Trinajstić information content (AvgIpc) is 2.60. The summed E-state index contributed by atoms with van der Waals surface area (Å²) in [7, 11) is 3.50. The van der Waals surface area contributed by atoms with Gasteiger partial charge in [-0.2, -0.15) is 5.10 Å². The van der Waals surface area contributed by atoms with Crippen LogP contribution in [0.2, 0.25) is 0 Å². The summed E-state index contributed by atoms with van der Waals surface area (Å²) >= 11 is 3.34. The van der Waals surface area contributed by atoms with Crippen molar-refractivity contribution < 1.29 is 4.79 Å². The lowest BCUT2D eigenvalue weighted by atomic mass is 10.3. The summed E-state index contributed by atoms with van der Waals surface area (Å²) in [5.74, 6) is 0.0773. The smallest absolute Gasteiger partial charge is 0.236 e. The standard InChI is InChI=1S/C10H17BrN4O/c1-8(12-5-10(16)14(2)3)6-15-7-9(11)4-13-15/h4,7-8,12H,5-6H2,1-3H3. The van der Waals surface area contributed by atoms with Crippen LogP contribution in [0.3, 0.4) is 0 Å².